The zero-order valence-electron chi connectivity index (χ0n) is 8.28. The Morgan fingerprint density at radius 2 is 1.60 bits per heavy atom. The Bertz CT molecular complexity index is 426. The monoisotopic (exact) mass is 261 g/mol. The van der Waals surface area contributed by atoms with Crippen molar-refractivity contribution in [3.63, 3.8) is 0 Å². The fraction of sp³-hybridized carbons (Fsp3) is 0.0769. The van der Waals surface area contributed by atoms with Gasteiger partial charge in [0.1, 0.15) is 0 Å². The first-order chi connectivity index (χ1) is 7.38. The average Bonchev–Trinajstić information content (AvgIpc) is 2.31. The molecule has 0 radical (unpaired) electrons. The highest BCUT2D eigenvalue weighted by Crippen LogP contribution is 2.18. The zero-order chi connectivity index (χ0) is 10.5. The molecule has 0 saturated heterocycles. The molecule has 76 valence electrons. The summed E-state index contributed by atoms with van der Waals surface area (Å²) in [5.74, 6) is 0. The topological polar surface area (TPSA) is 12.0 Å². The van der Waals surface area contributed by atoms with Crippen LogP contribution in [-0.4, -0.2) is 0 Å². The van der Waals surface area contributed by atoms with E-state index in [1.807, 2.05) is 18.2 Å². The van der Waals surface area contributed by atoms with Gasteiger partial charge in [0.2, 0.25) is 0 Å². The van der Waals surface area contributed by atoms with Crippen LogP contribution in [-0.2, 0) is 5.33 Å². The fourth-order valence-corrected chi connectivity index (χ4v) is 1.77. The predicted octanol–water partition coefficient (Wildman–Crippen LogP) is 4.33. The zero-order valence-corrected chi connectivity index (χ0v) is 9.87. The molecule has 0 aliphatic carbocycles. The third-order valence-electron chi connectivity index (χ3n) is 2.14. The van der Waals surface area contributed by atoms with Crippen LogP contribution in [0.5, 0.6) is 0 Å². The number of hydrogen-bond donors (Lipinski definition) is 1. The van der Waals surface area contributed by atoms with Crippen molar-refractivity contribution in [1.82, 2.24) is 0 Å². The van der Waals surface area contributed by atoms with Crippen molar-refractivity contribution in [3.05, 3.63) is 60.2 Å². The van der Waals surface area contributed by atoms with Crippen molar-refractivity contribution < 1.29 is 0 Å². The van der Waals surface area contributed by atoms with Crippen LogP contribution in [0.1, 0.15) is 5.56 Å². The van der Waals surface area contributed by atoms with Crippen LogP contribution in [0.2, 0.25) is 0 Å². The summed E-state index contributed by atoms with van der Waals surface area (Å²) in [4.78, 5) is 0. The Morgan fingerprint density at radius 1 is 0.867 bits per heavy atom. The highest BCUT2D eigenvalue weighted by Gasteiger charge is 1.95. The second kappa shape index (κ2) is 4.99. The van der Waals surface area contributed by atoms with Gasteiger partial charge in [0, 0.05) is 16.7 Å². The van der Waals surface area contributed by atoms with Gasteiger partial charge in [0.15, 0.2) is 0 Å². The maximum atomic E-state index is 3.45. The van der Waals surface area contributed by atoms with Crippen LogP contribution in [0.4, 0.5) is 11.4 Å². The smallest absolute Gasteiger partial charge is 0.0387 e. The molecule has 1 N–H and O–H groups in total. The van der Waals surface area contributed by atoms with E-state index in [4.69, 9.17) is 0 Å². The van der Waals surface area contributed by atoms with Gasteiger partial charge < -0.3 is 5.32 Å². The second-order valence-electron chi connectivity index (χ2n) is 3.33. The second-order valence-corrected chi connectivity index (χ2v) is 3.89. The van der Waals surface area contributed by atoms with Gasteiger partial charge in [-0.2, -0.15) is 0 Å². The van der Waals surface area contributed by atoms with E-state index in [9.17, 15) is 0 Å². The molecule has 0 bridgehead atoms. The Morgan fingerprint density at radius 3 is 2.33 bits per heavy atom. The summed E-state index contributed by atoms with van der Waals surface area (Å²) in [7, 11) is 0. The number of hydrogen-bond acceptors (Lipinski definition) is 1. The van der Waals surface area contributed by atoms with Gasteiger partial charge >= 0.3 is 0 Å². The van der Waals surface area contributed by atoms with Crippen molar-refractivity contribution in [1.29, 1.82) is 0 Å². The lowest BCUT2D eigenvalue weighted by molar-refractivity contribution is 1.42. The Balaban J connectivity index is 2.17. The number of para-hydroxylation sites is 1. The summed E-state index contributed by atoms with van der Waals surface area (Å²) >= 11 is 3.45. The molecule has 1 nitrogen and oxygen atoms in total. The molecule has 0 fully saturated rings. The SMILES string of the molecule is BrCc1cccc(Nc2ccccc2)c1. The minimum Gasteiger partial charge on any atom is -0.356 e. The maximum Gasteiger partial charge on any atom is 0.0387 e. The quantitative estimate of drug-likeness (QED) is 0.812. The van der Waals surface area contributed by atoms with Gasteiger partial charge in [-0.3, -0.25) is 0 Å². The number of nitrogens with one attached hydrogen (secondary N) is 1. The molecule has 2 aromatic rings. The molecule has 0 saturated carbocycles. The van der Waals surface area contributed by atoms with E-state index in [0.29, 0.717) is 0 Å². The van der Waals surface area contributed by atoms with Crippen LogP contribution in [0.15, 0.2) is 54.6 Å². The lowest BCUT2D eigenvalue weighted by Crippen LogP contribution is -1.90. The summed E-state index contributed by atoms with van der Waals surface area (Å²) in [6.45, 7) is 0. The van der Waals surface area contributed by atoms with Crippen molar-refractivity contribution >= 4 is 27.3 Å². The van der Waals surface area contributed by atoms with Gasteiger partial charge in [0.25, 0.3) is 0 Å². The normalized spacial score (nSPS) is 9.93. The van der Waals surface area contributed by atoms with Crippen molar-refractivity contribution in [2.24, 2.45) is 0 Å². The molecular weight excluding hydrogens is 250 g/mol. The largest absolute Gasteiger partial charge is 0.356 e. The third-order valence-corrected chi connectivity index (χ3v) is 2.79. The minimum absolute atomic E-state index is 0.886. The molecule has 0 amide bonds. The fourth-order valence-electron chi connectivity index (χ4n) is 1.42. The molecule has 0 aromatic heterocycles. The van der Waals surface area contributed by atoms with E-state index >= 15 is 0 Å². The van der Waals surface area contributed by atoms with E-state index in [1.54, 1.807) is 0 Å². The standard InChI is InChI=1S/C13H12BrN/c14-10-11-5-4-8-13(9-11)15-12-6-2-1-3-7-12/h1-9,15H,10H2. The Hall–Kier alpha value is -1.28. The number of halogens is 1. The summed E-state index contributed by atoms with van der Waals surface area (Å²) < 4.78 is 0. The van der Waals surface area contributed by atoms with Crippen LogP contribution in [0.25, 0.3) is 0 Å². The Kier molecular flexibility index (Phi) is 3.41. The highest BCUT2D eigenvalue weighted by molar-refractivity contribution is 9.08. The number of anilines is 2. The van der Waals surface area contributed by atoms with Crippen molar-refractivity contribution in [2.45, 2.75) is 5.33 Å². The van der Waals surface area contributed by atoms with Crippen LogP contribution in [0, 0.1) is 0 Å². The highest BCUT2D eigenvalue weighted by atomic mass is 79.9. The van der Waals surface area contributed by atoms with E-state index in [0.717, 1.165) is 16.7 Å². The van der Waals surface area contributed by atoms with Gasteiger partial charge in [-0.1, -0.05) is 46.3 Å². The minimum atomic E-state index is 0.886. The van der Waals surface area contributed by atoms with Crippen molar-refractivity contribution in [3.8, 4) is 0 Å². The predicted molar refractivity (Wildman–Crippen MR) is 68.8 cm³/mol. The first-order valence-corrected chi connectivity index (χ1v) is 5.97. The maximum absolute atomic E-state index is 3.45. The lowest BCUT2D eigenvalue weighted by atomic mass is 10.2. The molecule has 0 aliphatic heterocycles. The third kappa shape index (κ3) is 2.83. The van der Waals surface area contributed by atoms with Crippen molar-refractivity contribution in [2.75, 3.05) is 5.32 Å². The molecule has 0 unspecified atom stereocenters. The molecule has 2 rings (SSSR count). The lowest BCUT2D eigenvalue weighted by Gasteiger charge is -2.06. The van der Waals surface area contributed by atoms with E-state index in [1.165, 1.54) is 5.56 Å². The molecule has 0 spiro atoms. The summed E-state index contributed by atoms with van der Waals surface area (Å²) in [6, 6.07) is 18.5. The molecule has 0 aliphatic rings. The van der Waals surface area contributed by atoms with E-state index in [-0.39, 0.29) is 0 Å². The van der Waals surface area contributed by atoms with Crippen LogP contribution in [0.3, 0.4) is 0 Å². The van der Waals surface area contributed by atoms with Crippen LogP contribution >= 0.6 is 15.9 Å². The number of rotatable bonds is 3. The summed E-state index contributed by atoms with van der Waals surface area (Å²) in [5.41, 5.74) is 3.51. The van der Waals surface area contributed by atoms with E-state index in [2.05, 4.69) is 57.6 Å². The van der Waals surface area contributed by atoms with Gasteiger partial charge in [-0.15, -0.1) is 0 Å². The van der Waals surface area contributed by atoms with Gasteiger partial charge in [-0.25, -0.2) is 0 Å². The molecule has 15 heavy (non-hydrogen) atoms. The van der Waals surface area contributed by atoms with Crippen LogP contribution < -0.4 is 5.32 Å². The molecular formula is C13H12BrN. The molecule has 2 heteroatoms. The molecule has 0 heterocycles. The first-order valence-electron chi connectivity index (χ1n) is 4.85. The molecule has 2 aromatic carbocycles. The number of alkyl halides is 1. The van der Waals surface area contributed by atoms with E-state index < -0.39 is 0 Å². The Labute approximate surface area is 98.3 Å². The number of benzene rings is 2. The summed E-state index contributed by atoms with van der Waals surface area (Å²) in [6.07, 6.45) is 0. The van der Waals surface area contributed by atoms with Gasteiger partial charge in [-0.05, 0) is 29.8 Å². The van der Waals surface area contributed by atoms with Gasteiger partial charge in [0.05, 0.1) is 0 Å². The first kappa shape index (κ1) is 10.2. The molecule has 0 atom stereocenters. The summed E-state index contributed by atoms with van der Waals surface area (Å²) in [5, 5.41) is 4.24. The average molecular weight is 262 g/mol.